The van der Waals surface area contributed by atoms with Gasteiger partial charge in [-0.05, 0) is 67.3 Å². The molecule has 1 N–H and O–H groups in total. The van der Waals surface area contributed by atoms with Crippen molar-refractivity contribution in [3.63, 3.8) is 0 Å². The Labute approximate surface area is 312 Å². The average Bonchev–Trinajstić information content (AvgIpc) is 3.76. The Bertz CT molecular complexity index is 2040. The molecule has 5 rings (SSSR count). The standard InChI is InChI=1S/C43H40F3N3O3S/c1-2-3-26-49(27-10-11-28-50)35-18-16-33(41(29-35)51-31-32-12-6-4-7-13-32)17-19-36-20-21-37(53-36)22-23-39-38(30-48)40(24-25-47)52-42(39,43(44,45)46)34-14-8-5-9-15-34/h4-9,12-24,29,50H,2-3,10-11,26-28,31H2,1H3/b19-17+,23-22+,40-24-. The van der Waals surface area contributed by atoms with Crippen molar-refractivity contribution in [2.75, 3.05) is 24.6 Å². The Morgan fingerprint density at radius 1 is 0.868 bits per heavy atom. The minimum Gasteiger partial charge on any atom is -0.488 e. The molecule has 0 amide bonds. The molecule has 6 nitrogen and oxygen atoms in total. The first-order valence-corrected chi connectivity index (χ1v) is 18.2. The van der Waals surface area contributed by atoms with Crippen LogP contribution < -0.4 is 9.64 Å². The summed E-state index contributed by atoms with van der Waals surface area (Å²) < 4.78 is 56.9. The fourth-order valence-electron chi connectivity index (χ4n) is 6.05. The molecule has 0 fully saturated rings. The maximum Gasteiger partial charge on any atom is 0.437 e. The number of thiophene rings is 1. The molecule has 0 saturated carbocycles. The monoisotopic (exact) mass is 735 g/mol. The van der Waals surface area contributed by atoms with Crippen LogP contribution in [0, 0.1) is 22.7 Å². The molecular formula is C43H40F3N3O3S. The third-order valence-corrected chi connectivity index (χ3v) is 9.77. The van der Waals surface area contributed by atoms with E-state index in [1.165, 1.54) is 47.8 Å². The summed E-state index contributed by atoms with van der Waals surface area (Å²) in [6, 6.07) is 30.4. The van der Waals surface area contributed by atoms with Crippen molar-refractivity contribution in [2.24, 2.45) is 0 Å². The van der Waals surface area contributed by atoms with Crippen LogP contribution in [0.25, 0.3) is 18.2 Å². The van der Waals surface area contributed by atoms with Gasteiger partial charge in [-0.2, -0.15) is 23.7 Å². The van der Waals surface area contributed by atoms with Crippen LogP contribution in [-0.4, -0.2) is 31.0 Å². The molecule has 53 heavy (non-hydrogen) atoms. The van der Waals surface area contributed by atoms with E-state index in [-0.39, 0.29) is 17.7 Å². The molecule has 1 aromatic heterocycles. The number of aliphatic hydroxyl groups is 1. The number of unbranched alkanes of at least 4 members (excludes halogenated alkanes) is 2. The second-order valence-electron chi connectivity index (χ2n) is 12.4. The van der Waals surface area contributed by atoms with Crippen LogP contribution in [-0.2, 0) is 16.9 Å². The molecule has 2 heterocycles. The zero-order valence-electron chi connectivity index (χ0n) is 29.4. The summed E-state index contributed by atoms with van der Waals surface area (Å²) in [5, 5.41) is 28.6. The lowest BCUT2D eigenvalue weighted by atomic mass is 9.84. The molecule has 1 atom stereocenters. The lowest BCUT2D eigenvalue weighted by Gasteiger charge is -2.33. The minimum atomic E-state index is -4.95. The lowest BCUT2D eigenvalue weighted by molar-refractivity contribution is -0.248. The predicted molar refractivity (Wildman–Crippen MR) is 205 cm³/mol. The summed E-state index contributed by atoms with van der Waals surface area (Å²) in [5.74, 6) is 0.284. The number of nitriles is 2. The molecule has 0 spiro atoms. The molecule has 272 valence electrons. The van der Waals surface area contributed by atoms with E-state index in [0.29, 0.717) is 17.2 Å². The number of allylic oxidation sites excluding steroid dienone is 2. The number of halogens is 3. The van der Waals surface area contributed by atoms with Gasteiger partial charge in [-0.1, -0.05) is 80.1 Å². The van der Waals surface area contributed by atoms with Crippen LogP contribution in [0.3, 0.4) is 0 Å². The quantitative estimate of drug-likeness (QED) is 0.0910. The minimum absolute atomic E-state index is 0.160. The van der Waals surface area contributed by atoms with Gasteiger partial charge in [-0.15, -0.1) is 11.3 Å². The number of anilines is 1. The van der Waals surface area contributed by atoms with Crippen molar-refractivity contribution >= 4 is 35.3 Å². The van der Waals surface area contributed by atoms with E-state index in [1.54, 1.807) is 18.2 Å². The zero-order valence-corrected chi connectivity index (χ0v) is 30.2. The third kappa shape index (κ3) is 9.28. The van der Waals surface area contributed by atoms with E-state index < -0.39 is 23.1 Å². The summed E-state index contributed by atoms with van der Waals surface area (Å²) >= 11 is 1.37. The van der Waals surface area contributed by atoms with Gasteiger partial charge in [0.25, 0.3) is 5.60 Å². The van der Waals surface area contributed by atoms with Gasteiger partial charge in [-0.25, -0.2) is 0 Å². The number of alkyl halides is 3. The van der Waals surface area contributed by atoms with Crippen LogP contribution in [0.1, 0.15) is 59.1 Å². The molecule has 1 aliphatic heterocycles. The van der Waals surface area contributed by atoms with E-state index in [2.05, 4.69) is 24.0 Å². The van der Waals surface area contributed by atoms with E-state index in [4.69, 9.17) is 9.47 Å². The Morgan fingerprint density at radius 2 is 1.55 bits per heavy atom. The van der Waals surface area contributed by atoms with Gasteiger partial charge in [0.2, 0.25) is 0 Å². The highest BCUT2D eigenvalue weighted by Crippen LogP contribution is 2.55. The van der Waals surface area contributed by atoms with Crippen molar-refractivity contribution in [3.05, 3.63) is 146 Å². The van der Waals surface area contributed by atoms with Crippen LogP contribution in [0.2, 0.25) is 0 Å². The van der Waals surface area contributed by atoms with Gasteiger partial charge in [0.1, 0.15) is 29.8 Å². The molecule has 0 bridgehead atoms. The molecule has 1 aliphatic rings. The Balaban J connectivity index is 1.45. The summed E-state index contributed by atoms with van der Waals surface area (Å²) in [6.07, 6.45) is 6.26. The Kier molecular flexibility index (Phi) is 13.3. The summed E-state index contributed by atoms with van der Waals surface area (Å²) in [5.41, 5.74) is -0.975. The van der Waals surface area contributed by atoms with Crippen molar-refractivity contribution < 1.29 is 27.8 Å². The molecule has 0 saturated heterocycles. The van der Waals surface area contributed by atoms with Gasteiger partial charge in [0.05, 0.1) is 12.1 Å². The Morgan fingerprint density at radius 3 is 2.19 bits per heavy atom. The van der Waals surface area contributed by atoms with Gasteiger partial charge >= 0.3 is 6.18 Å². The third-order valence-electron chi connectivity index (χ3n) is 8.75. The summed E-state index contributed by atoms with van der Waals surface area (Å²) in [7, 11) is 0. The number of ether oxygens (including phenoxy) is 2. The highest BCUT2D eigenvalue weighted by Gasteiger charge is 2.64. The van der Waals surface area contributed by atoms with Gasteiger partial charge in [0, 0.05) is 57.9 Å². The van der Waals surface area contributed by atoms with Gasteiger partial charge < -0.3 is 19.5 Å². The predicted octanol–water partition coefficient (Wildman–Crippen LogP) is 10.6. The number of hydrogen-bond acceptors (Lipinski definition) is 7. The molecule has 1 unspecified atom stereocenters. The number of aliphatic hydroxyl groups excluding tert-OH is 1. The first-order valence-electron chi connectivity index (χ1n) is 17.4. The molecule has 0 radical (unpaired) electrons. The number of nitrogens with zero attached hydrogens (tertiary/aromatic N) is 3. The van der Waals surface area contributed by atoms with E-state index in [1.807, 2.05) is 60.7 Å². The average molecular weight is 736 g/mol. The number of benzene rings is 3. The first-order chi connectivity index (χ1) is 25.7. The smallest absolute Gasteiger partial charge is 0.437 e. The highest BCUT2D eigenvalue weighted by atomic mass is 32.1. The van der Waals surface area contributed by atoms with Crippen molar-refractivity contribution in [3.8, 4) is 17.9 Å². The van der Waals surface area contributed by atoms with Crippen LogP contribution in [0.15, 0.2) is 120 Å². The molecule has 3 aromatic carbocycles. The maximum absolute atomic E-state index is 15.0. The van der Waals surface area contributed by atoms with E-state index >= 15 is 13.2 Å². The van der Waals surface area contributed by atoms with E-state index in [0.717, 1.165) is 66.5 Å². The SMILES string of the molecule is CCCCN(CCCCO)c1ccc(/C=C/c2ccc(/C=C/C3=C(C#N)C(=C/C#N)/OC3(c3ccccc3)C(F)(F)F)s2)c(OCc2ccccc2)c1. The maximum atomic E-state index is 15.0. The van der Waals surface area contributed by atoms with Crippen molar-refractivity contribution in [2.45, 2.75) is 51.0 Å². The largest absolute Gasteiger partial charge is 0.488 e. The summed E-state index contributed by atoms with van der Waals surface area (Å²) in [4.78, 5) is 3.83. The molecule has 0 aliphatic carbocycles. The van der Waals surface area contributed by atoms with Gasteiger partial charge in [0.15, 0.2) is 0 Å². The van der Waals surface area contributed by atoms with E-state index in [9.17, 15) is 15.6 Å². The van der Waals surface area contributed by atoms with Crippen LogP contribution in [0.4, 0.5) is 18.9 Å². The first kappa shape index (κ1) is 38.7. The van der Waals surface area contributed by atoms with Crippen molar-refractivity contribution in [1.29, 1.82) is 10.5 Å². The Hall–Kier alpha value is -5.55. The summed E-state index contributed by atoms with van der Waals surface area (Å²) in [6.45, 7) is 4.42. The topological polar surface area (TPSA) is 89.5 Å². The fourth-order valence-corrected chi connectivity index (χ4v) is 6.87. The molecule has 10 heteroatoms. The number of hydrogen-bond donors (Lipinski definition) is 1. The normalized spacial score (nSPS) is 16.6. The van der Waals surface area contributed by atoms with Crippen LogP contribution >= 0.6 is 11.3 Å². The highest BCUT2D eigenvalue weighted by molar-refractivity contribution is 7.13. The van der Waals surface area contributed by atoms with Gasteiger partial charge in [-0.3, -0.25) is 0 Å². The number of rotatable bonds is 16. The zero-order chi connectivity index (χ0) is 37.7. The lowest BCUT2D eigenvalue weighted by Crippen LogP contribution is -2.43. The second-order valence-corrected chi connectivity index (χ2v) is 13.5. The fraction of sp³-hybridized carbons (Fsp3) is 0.256. The molecular weight excluding hydrogens is 696 g/mol. The second kappa shape index (κ2) is 18.3. The van der Waals surface area contributed by atoms with Crippen LogP contribution in [0.5, 0.6) is 5.75 Å². The molecule has 4 aromatic rings. The van der Waals surface area contributed by atoms with Crippen molar-refractivity contribution in [1.82, 2.24) is 0 Å².